The molecule has 25 heavy (non-hydrogen) atoms. The molecule has 0 aliphatic carbocycles. The predicted molar refractivity (Wildman–Crippen MR) is 96.1 cm³/mol. The third-order valence-corrected chi connectivity index (χ3v) is 3.88. The molecule has 0 aliphatic heterocycles. The molecule has 128 valence electrons. The number of carbonyl (C=O) groups is 1. The molecule has 0 aliphatic rings. The molecule has 6 heteroatoms. The lowest BCUT2D eigenvalue weighted by atomic mass is 10.1. The number of carbonyl (C=O) groups excluding carboxylic acids is 1. The van der Waals surface area contributed by atoms with E-state index < -0.39 is 0 Å². The van der Waals surface area contributed by atoms with E-state index in [1.807, 2.05) is 18.2 Å². The molecule has 5 nitrogen and oxygen atoms in total. The smallest absolute Gasteiger partial charge is 0.253 e. The standard InChI is InChI=1S/C19H19FN4O/c1-24(2)19(25)14-5-3-4-13(10-14)8-9-21-18-16-11-15(20)6-7-17(16)22-12-23-18/h3-7,10-12H,8-9H2,1-2H3,(H,21,22,23). The first kappa shape index (κ1) is 16.8. The van der Waals surface area contributed by atoms with Crippen molar-refractivity contribution in [1.82, 2.24) is 14.9 Å². The molecule has 3 aromatic rings. The average Bonchev–Trinajstić information content (AvgIpc) is 2.61. The highest BCUT2D eigenvalue weighted by Gasteiger charge is 2.08. The Labute approximate surface area is 145 Å². The SMILES string of the molecule is CN(C)C(=O)c1cccc(CCNc2ncnc3ccc(F)cc23)c1. The highest BCUT2D eigenvalue weighted by molar-refractivity contribution is 5.94. The van der Waals surface area contributed by atoms with Gasteiger partial charge in [0.25, 0.3) is 5.91 Å². The fourth-order valence-electron chi connectivity index (χ4n) is 2.61. The summed E-state index contributed by atoms with van der Waals surface area (Å²) in [5.41, 5.74) is 2.40. The molecular formula is C19H19FN4O. The third-order valence-electron chi connectivity index (χ3n) is 3.88. The van der Waals surface area contributed by atoms with Crippen molar-refractivity contribution >= 4 is 22.6 Å². The molecule has 2 aromatic carbocycles. The van der Waals surface area contributed by atoms with Crippen LogP contribution in [0, 0.1) is 5.82 Å². The number of benzene rings is 2. The maximum Gasteiger partial charge on any atom is 0.253 e. The lowest BCUT2D eigenvalue weighted by Crippen LogP contribution is -2.21. The van der Waals surface area contributed by atoms with Gasteiger partial charge in [0.05, 0.1) is 5.52 Å². The Morgan fingerprint density at radius 1 is 1.16 bits per heavy atom. The van der Waals surface area contributed by atoms with Crippen molar-refractivity contribution < 1.29 is 9.18 Å². The van der Waals surface area contributed by atoms with Crippen molar-refractivity contribution in [3.63, 3.8) is 0 Å². The number of amides is 1. The van der Waals surface area contributed by atoms with Crippen LogP contribution >= 0.6 is 0 Å². The van der Waals surface area contributed by atoms with Crippen LogP contribution in [0.2, 0.25) is 0 Å². The van der Waals surface area contributed by atoms with Gasteiger partial charge in [0.15, 0.2) is 0 Å². The first-order valence-electron chi connectivity index (χ1n) is 7.99. The molecule has 0 saturated heterocycles. The summed E-state index contributed by atoms with van der Waals surface area (Å²) in [5, 5.41) is 3.87. The van der Waals surface area contributed by atoms with Gasteiger partial charge in [-0.05, 0) is 42.3 Å². The van der Waals surface area contributed by atoms with Gasteiger partial charge in [-0.25, -0.2) is 14.4 Å². The molecule has 0 fully saturated rings. The van der Waals surface area contributed by atoms with E-state index in [2.05, 4.69) is 15.3 Å². The van der Waals surface area contributed by atoms with Gasteiger partial charge in [0.1, 0.15) is 18.0 Å². The summed E-state index contributed by atoms with van der Waals surface area (Å²) in [5.74, 6) is 0.261. The summed E-state index contributed by atoms with van der Waals surface area (Å²) in [4.78, 5) is 21.9. The highest BCUT2D eigenvalue weighted by atomic mass is 19.1. The second-order valence-corrected chi connectivity index (χ2v) is 5.96. The van der Waals surface area contributed by atoms with Crippen LogP contribution < -0.4 is 5.32 Å². The van der Waals surface area contributed by atoms with Crippen molar-refractivity contribution in [2.24, 2.45) is 0 Å². The van der Waals surface area contributed by atoms with Gasteiger partial charge in [0.2, 0.25) is 0 Å². The summed E-state index contributed by atoms with van der Waals surface area (Å²) < 4.78 is 13.5. The Morgan fingerprint density at radius 3 is 2.80 bits per heavy atom. The first-order valence-corrected chi connectivity index (χ1v) is 7.99. The fourth-order valence-corrected chi connectivity index (χ4v) is 2.61. The van der Waals surface area contributed by atoms with Crippen LogP contribution in [0.4, 0.5) is 10.2 Å². The number of nitrogens with zero attached hydrogens (tertiary/aromatic N) is 3. The zero-order valence-corrected chi connectivity index (χ0v) is 14.2. The molecule has 1 aromatic heterocycles. The van der Waals surface area contributed by atoms with E-state index in [0.717, 1.165) is 12.0 Å². The number of hydrogen-bond acceptors (Lipinski definition) is 4. The van der Waals surface area contributed by atoms with Crippen LogP contribution in [-0.2, 0) is 6.42 Å². The van der Waals surface area contributed by atoms with Gasteiger partial charge in [-0.15, -0.1) is 0 Å². The molecular weight excluding hydrogens is 319 g/mol. The Balaban J connectivity index is 1.71. The Kier molecular flexibility index (Phi) is 4.88. The zero-order valence-electron chi connectivity index (χ0n) is 14.2. The number of rotatable bonds is 5. The second kappa shape index (κ2) is 7.25. The minimum absolute atomic E-state index is 0.0212. The minimum Gasteiger partial charge on any atom is -0.369 e. The number of anilines is 1. The Hall–Kier alpha value is -3.02. The minimum atomic E-state index is -0.319. The number of halogens is 1. The molecule has 0 radical (unpaired) electrons. The van der Waals surface area contributed by atoms with Gasteiger partial charge in [-0.1, -0.05) is 12.1 Å². The van der Waals surface area contributed by atoms with E-state index in [4.69, 9.17) is 0 Å². The molecule has 1 N–H and O–H groups in total. The van der Waals surface area contributed by atoms with E-state index in [0.29, 0.717) is 28.8 Å². The zero-order chi connectivity index (χ0) is 17.8. The second-order valence-electron chi connectivity index (χ2n) is 5.96. The quantitative estimate of drug-likeness (QED) is 0.776. The van der Waals surface area contributed by atoms with E-state index in [1.54, 1.807) is 31.1 Å². The molecule has 0 spiro atoms. The number of fused-ring (bicyclic) bond motifs is 1. The molecule has 0 unspecified atom stereocenters. The molecule has 0 bridgehead atoms. The van der Waals surface area contributed by atoms with Crippen molar-refractivity contribution in [3.8, 4) is 0 Å². The molecule has 0 saturated carbocycles. The molecule has 1 heterocycles. The summed E-state index contributed by atoms with van der Waals surface area (Å²) >= 11 is 0. The van der Waals surface area contributed by atoms with Crippen LogP contribution in [0.5, 0.6) is 0 Å². The topological polar surface area (TPSA) is 58.1 Å². The van der Waals surface area contributed by atoms with Crippen LogP contribution in [0.3, 0.4) is 0 Å². The van der Waals surface area contributed by atoms with E-state index in [9.17, 15) is 9.18 Å². The van der Waals surface area contributed by atoms with Crippen molar-refractivity contribution in [2.75, 3.05) is 26.0 Å². The summed E-state index contributed by atoms with van der Waals surface area (Å²) in [7, 11) is 3.46. The maximum absolute atomic E-state index is 13.5. The number of nitrogens with one attached hydrogen (secondary N) is 1. The monoisotopic (exact) mass is 338 g/mol. The van der Waals surface area contributed by atoms with E-state index in [-0.39, 0.29) is 11.7 Å². The summed E-state index contributed by atoms with van der Waals surface area (Å²) in [6.07, 6.45) is 2.17. The molecule has 1 amide bonds. The van der Waals surface area contributed by atoms with Crippen molar-refractivity contribution in [2.45, 2.75) is 6.42 Å². The lowest BCUT2D eigenvalue weighted by molar-refractivity contribution is 0.0827. The summed E-state index contributed by atoms with van der Waals surface area (Å²) in [6, 6.07) is 12.0. The number of hydrogen-bond donors (Lipinski definition) is 1. The Bertz CT molecular complexity index is 911. The third kappa shape index (κ3) is 3.91. The highest BCUT2D eigenvalue weighted by Crippen LogP contribution is 2.20. The molecule has 0 atom stereocenters. The van der Waals surface area contributed by atoms with Gasteiger partial charge in [0, 0.05) is 31.6 Å². The van der Waals surface area contributed by atoms with Crippen LogP contribution in [0.25, 0.3) is 10.9 Å². The number of aromatic nitrogens is 2. The largest absolute Gasteiger partial charge is 0.369 e. The predicted octanol–water partition coefficient (Wildman–Crippen LogP) is 3.13. The van der Waals surface area contributed by atoms with E-state index >= 15 is 0 Å². The van der Waals surface area contributed by atoms with Gasteiger partial charge >= 0.3 is 0 Å². The van der Waals surface area contributed by atoms with Crippen LogP contribution in [0.15, 0.2) is 48.8 Å². The van der Waals surface area contributed by atoms with E-state index in [1.165, 1.54) is 18.5 Å². The van der Waals surface area contributed by atoms with Crippen molar-refractivity contribution in [1.29, 1.82) is 0 Å². The van der Waals surface area contributed by atoms with Crippen LogP contribution in [0.1, 0.15) is 15.9 Å². The molecule has 3 rings (SSSR count). The van der Waals surface area contributed by atoms with Crippen LogP contribution in [-0.4, -0.2) is 41.4 Å². The summed E-state index contributed by atoms with van der Waals surface area (Å²) in [6.45, 7) is 0.613. The Morgan fingerprint density at radius 2 is 2.00 bits per heavy atom. The van der Waals surface area contributed by atoms with Gasteiger partial charge in [-0.2, -0.15) is 0 Å². The average molecular weight is 338 g/mol. The first-order chi connectivity index (χ1) is 12.0. The lowest BCUT2D eigenvalue weighted by Gasteiger charge is -2.12. The maximum atomic E-state index is 13.5. The van der Waals surface area contributed by atoms with Gasteiger partial charge in [-0.3, -0.25) is 4.79 Å². The fraction of sp³-hybridized carbons (Fsp3) is 0.211. The van der Waals surface area contributed by atoms with Gasteiger partial charge < -0.3 is 10.2 Å². The normalized spacial score (nSPS) is 10.7. The van der Waals surface area contributed by atoms with Crippen molar-refractivity contribution in [3.05, 3.63) is 65.7 Å².